The van der Waals surface area contributed by atoms with E-state index in [1.165, 1.54) is 5.56 Å². The number of nitrogens with one attached hydrogen (secondary N) is 1. The lowest BCUT2D eigenvalue weighted by atomic mass is 9.79. The fourth-order valence-corrected chi connectivity index (χ4v) is 4.57. The first kappa shape index (κ1) is 17.9. The Hall–Kier alpha value is -1.88. The Morgan fingerprint density at radius 1 is 1.36 bits per heavy atom. The van der Waals surface area contributed by atoms with Crippen LogP contribution in [0.2, 0.25) is 0 Å². The van der Waals surface area contributed by atoms with Crippen molar-refractivity contribution in [2.45, 2.75) is 51.6 Å². The van der Waals surface area contributed by atoms with Crippen molar-refractivity contribution in [1.29, 1.82) is 0 Å². The van der Waals surface area contributed by atoms with Crippen LogP contribution < -0.4 is 5.32 Å². The Kier molecular flexibility index (Phi) is 5.42. The number of rotatable bonds is 7. The number of carbonyl (C=O) groups excluding carboxylic acids is 1. The van der Waals surface area contributed by atoms with Crippen LogP contribution >= 0.6 is 0 Å². The second kappa shape index (κ2) is 7.56. The normalized spacial score (nSPS) is 27.0. The van der Waals surface area contributed by atoms with E-state index in [0.717, 1.165) is 45.3 Å². The van der Waals surface area contributed by atoms with E-state index in [-0.39, 0.29) is 5.91 Å². The van der Waals surface area contributed by atoms with Crippen LogP contribution in [0.1, 0.15) is 44.6 Å². The third kappa shape index (κ3) is 3.71. The van der Waals surface area contributed by atoms with Crippen LogP contribution in [0.15, 0.2) is 30.3 Å². The quantitative estimate of drug-likeness (QED) is 0.798. The molecule has 5 heteroatoms. The number of nitrogens with zero attached hydrogens (tertiary/aromatic N) is 1. The van der Waals surface area contributed by atoms with Crippen LogP contribution in [0.25, 0.3) is 0 Å². The van der Waals surface area contributed by atoms with Crippen LogP contribution in [0, 0.1) is 11.3 Å². The van der Waals surface area contributed by atoms with Crippen molar-refractivity contribution in [2.75, 3.05) is 13.1 Å². The standard InChI is InChI=1S/C20H28N2O3/c1-2-7-17(18(23)24)21-19(25)20-11-6-10-16(20)13-22(14-20)12-15-8-4-3-5-9-15/h3-5,8-9,16-17H,2,6-7,10-14H2,1H3,(H,21,25)(H,23,24)/t16-,17?,20-/m1/s1. The minimum atomic E-state index is -0.930. The Balaban J connectivity index is 1.70. The highest BCUT2D eigenvalue weighted by atomic mass is 16.4. The molecule has 0 bridgehead atoms. The minimum absolute atomic E-state index is 0.0496. The summed E-state index contributed by atoms with van der Waals surface area (Å²) in [4.78, 5) is 26.8. The Morgan fingerprint density at radius 2 is 2.12 bits per heavy atom. The van der Waals surface area contributed by atoms with Crippen molar-refractivity contribution in [3.8, 4) is 0 Å². The molecule has 1 aromatic rings. The number of hydrogen-bond acceptors (Lipinski definition) is 3. The van der Waals surface area contributed by atoms with Gasteiger partial charge in [0.2, 0.25) is 5.91 Å². The van der Waals surface area contributed by atoms with Gasteiger partial charge in [0.05, 0.1) is 5.41 Å². The summed E-state index contributed by atoms with van der Waals surface area (Å²) in [7, 11) is 0. The Morgan fingerprint density at radius 3 is 2.80 bits per heavy atom. The lowest BCUT2D eigenvalue weighted by molar-refractivity contribution is -0.144. The van der Waals surface area contributed by atoms with Gasteiger partial charge in [-0.1, -0.05) is 50.1 Å². The maximum Gasteiger partial charge on any atom is 0.326 e. The first-order valence-corrected chi connectivity index (χ1v) is 9.35. The van der Waals surface area contributed by atoms with Crippen LogP contribution in [0.5, 0.6) is 0 Å². The Bertz CT molecular complexity index is 619. The maximum atomic E-state index is 13.0. The number of likely N-dealkylation sites (tertiary alicyclic amines) is 1. The molecule has 5 nitrogen and oxygen atoms in total. The van der Waals surface area contributed by atoms with Gasteiger partial charge in [-0.15, -0.1) is 0 Å². The summed E-state index contributed by atoms with van der Waals surface area (Å²) in [5.74, 6) is -0.640. The average Bonchev–Trinajstić information content (AvgIpc) is 3.13. The summed E-state index contributed by atoms with van der Waals surface area (Å²) in [5, 5.41) is 12.2. The van der Waals surface area contributed by atoms with Gasteiger partial charge in [0.1, 0.15) is 6.04 Å². The zero-order valence-corrected chi connectivity index (χ0v) is 14.9. The highest BCUT2D eigenvalue weighted by Gasteiger charge is 2.54. The third-order valence-corrected chi connectivity index (χ3v) is 5.82. The molecule has 136 valence electrons. The third-order valence-electron chi connectivity index (χ3n) is 5.82. The molecule has 1 amide bonds. The van der Waals surface area contributed by atoms with Gasteiger partial charge in [-0.25, -0.2) is 4.79 Å². The van der Waals surface area contributed by atoms with Crippen LogP contribution in [-0.4, -0.2) is 41.0 Å². The van der Waals surface area contributed by atoms with E-state index in [9.17, 15) is 14.7 Å². The van der Waals surface area contributed by atoms with Gasteiger partial charge in [-0.05, 0) is 30.7 Å². The fourth-order valence-electron chi connectivity index (χ4n) is 4.57. The number of hydrogen-bond donors (Lipinski definition) is 2. The lowest BCUT2D eigenvalue weighted by Gasteiger charge is -2.29. The molecule has 3 rings (SSSR count). The summed E-state index contributed by atoms with van der Waals surface area (Å²) < 4.78 is 0. The molecule has 1 saturated heterocycles. The van der Waals surface area contributed by atoms with Crippen molar-refractivity contribution < 1.29 is 14.7 Å². The number of aliphatic carboxylic acids is 1. The molecular weight excluding hydrogens is 316 g/mol. The smallest absolute Gasteiger partial charge is 0.326 e. The number of carboxylic acid groups (broad SMARTS) is 1. The van der Waals surface area contributed by atoms with Crippen molar-refractivity contribution >= 4 is 11.9 Å². The van der Waals surface area contributed by atoms with Gasteiger partial charge in [0, 0.05) is 19.6 Å². The van der Waals surface area contributed by atoms with Gasteiger partial charge >= 0.3 is 5.97 Å². The summed E-state index contributed by atoms with van der Waals surface area (Å²) in [6.07, 6.45) is 4.21. The topological polar surface area (TPSA) is 69.6 Å². The van der Waals surface area contributed by atoms with Crippen molar-refractivity contribution in [1.82, 2.24) is 10.2 Å². The van der Waals surface area contributed by atoms with Crippen LogP contribution in [0.3, 0.4) is 0 Å². The van der Waals surface area contributed by atoms with E-state index in [1.807, 2.05) is 25.1 Å². The molecule has 1 aliphatic carbocycles. The molecule has 1 aliphatic heterocycles. The van der Waals surface area contributed by atoms with Crippen molar-refractivity contribution in [3.63, 3.8) is 0 Å². The number of fused-ring (bicyclic) bond motifs is 1. The molecule has 3 atom stereocenters. The van der Waals surface area contributed by atoms with E-state index in [4.69, 9.17) is 0 Å². The zero-order valence-electron chi connectivity index (χ0n) is 14.9. The number of amides is 1. The molecule has 1 heterocycles. The van der Waals surface area contributed by atoms with Crippen molar-refractivity contribution in [2.24, 2.45) is 11.3 Å². The molecule has 0 radical (unpaired) electrons. The fraction of sp³-hybridized carbons (Fsp3) is 0.600. The molecular formula is C20H28N2O3. The van der Waals surface area contributed by atoms with Gasteiger partial charge in [-0.2, -0.15) is 0 Å². The van der Waals surface area contributed by atoms with E-state index >= 15 is 0 Å². The van der Waals surface area contributed by atoms with Crippen LogP contribution in [-0.2, 0) is 16.1 Å². The molecule has 2 aliphatic rings. The molecule has 0 aromatic heterocycles. The van der Waals surface area contributed by atoms with Crippen LogP contribution in [0.4, 0.5) is 0 Å². The summed E-state index contributed by atoms with van der Waals surface area (Å²) in [5.41, 5.74) is 0.850. The summed E-state index contributed by atoms with van der Waals surface area (Å²) in [6.45, 7) is 4.45. The van der Waals surface area contributed by atoms with Gasteiger partial charge in [0.15, 0.2) is 0 Å². The largest absolute Gasteiger partial charge is 0.480 e. The van der Waals surface area contributed by atoms with Gasteiger partial charge in [-0.3, -0.25) is 9.69 Å². The SMILES string of the molecule is CCCC(NC(=O)[C@@]12CCC[C@@H]1CN(Cc1ccccc1)C2)C(=O)O. The molecule has 2 fully saturated rings. The number of carboxylic acids is 1. The first-order valence-electron chi connectivity index (χ1n) is 9.35. The maximum absolute atomic E-state index is 13.0. The van der Waals surface area contributed by atoms with E-state index in [1.54, 1.807) is 0 Å². The molecule has 0 spiro atoms. The molecule has 1 saturated carbocycles. The Labute approximate surface area is 149 Å². The molecule has 25 heavy (non-hydrogen) atoms. The summed E-state index contributed by atoms with van der Waals surface area (Å²) >= 11 is 0. The second-order valence-electron chi connectivity index (χ2n) is 7.55. The highest BCUT2D eigenvalue weighted by Crippen LogP contribution is 2.49. The molecule has 1 aromatic carbocycles. The predicted molar refractivity (Wildman–Crippen MR) is 96.0 cm³/mol. The molecule has 1 unspecified atom stereocenters. The van der Waals surface area contributed by atoms with E-state index in [0.29, 0.717) is 12.3 Å². The van der Waals surface area contributed by atoms with E-state index < -0.39 is 17.4 Å². The highest BCUT2D eigenvalue weighted by molar-refractivity contribution is 5.88. The first-order chi connectivity index (χ1) is 12.0. The zero-order chi connectivity index (χ0) is 17.9. The minimum Gasteiger partial charge on any atom is -0.480 e. The van der Waals surface area contributed by atoms with Gasteiger partial charge in [0.25, 0.3) is 0 Å². The summed E-state index contributed by atoms with van der Waals surface area (Å²) in [6, 6.07) is 9.55. The predicted octanol–water partition coefficient (Wildman–Crippen LogP) is 2.66. The molecule has 2 N–H and O–H groups in total. The monoisotopic (exact) mass is 344 g/mol. The van der Waals surface area contributed by atoms with E-state index in [2.05, 4.69) is 22.3 Å². The second-order valence-corrected chi connectivity index (χ2v) is 7.55. The number of carbonyl (C=O) groups is 2. The number of benzene rings is 1. The average molecular weight is 344 g/mol. The lowest BCUT2D eigenvalue weighted by Crippen LogP contribution is -2.50. The van der Waals surface area contributed by atoms with Gasteiger partial charge < -0.3 is 10.4 Å². The van der Waals surface area contributed by atoms with Crippen molar-refractivity contribution in [3.05, 3.63) is 35.9 Å².